The molecule has 1 aromatic carbocycles. The summed E-state index contributed by atoms with van der Waals surface area (Å²) in [5, 5.41) is 9.99. The molecule has 0 saturated heterocycles. The Morgan fingerprint density at radius 3 is 2.68 bits per heavy atom. The minimum Gasteiger partial charge on any atom is -0.481 e. The molecule has 0 bridgehead atoms. The van der Waals surface area contributed by atoms with E-state index in [1.807, 2.05) is 11.5 Å². The van der Waals surface area contributed by atoms with Crippen LogP contribution in [0.25, 0.3) is 10.9 Å². The van der Waals surface area contributed by atoms with Crippen LogP contribution in [0.4, 0.5) is 0 Å². The number of halogens is 1. The number of pyridine rings is 1. The first kappa shape index (κ1) is 13.6. The zero-order valence-corrected chi connectivity index (χ0v) is 11.5. The van der Waals surface area contributed by atoms with Gasteiger partial charge in [0, 0.05) is 28.2 Å². The van der Waals surface area contributed by atoms with Gasteiger partial charge in [-0.05, 0) is 32.0 Å². The SMILES string of the molecule is CCn1c(C)c(CC(=O)O)c(=O)c2ccc(Cl)cc21. The molecule has 1 N–H and O–H groups in total. The maximum atomic E-state index is 12.3. The summed E-state index contributed by atoms with van der Waals surface area (Å²) in [4.78, 5) is 23.2. The van der Waals surface area contributed by atoms with Gasteiger partial charge in [-0.2, -0.15) is 0 Å². The fourth-order valence-electron chi connectivity index (χ4n) is 2.36. The number of hydrogen-bond acceptors (Lipinski definition) is 2. The molecule has 5 heteroatoms. The molecule has 0 aliphatic heterocycles. The Labute approximate surface area is 115 Å². The topological polar surface area (TPSA) is 59.3 Å². The van der Waals surface area contributed by atoms with Gasteiger partial charge in [-0.15, -0.1) is 0 Å². The summed E-state index contributed by atoms with van der Waals surface area (Å²) in [7, 11) is 0. The molecule has 0 aliphatic carbocycles. The van der Waals surface area contributed by atoms with Gasteiger partial charge < -0.3 is 9.67 Å². The van der Waals surface area contributed by atoms with Crippen LogP contribution in [0.15, 0.2) is 23.0 Å². The summed E-state index contributed by atoms with van der Waals surface area (Å²) in [5.41, 5.74) is 1.54. The third-order valence-electron chi connectivity index (χ3n) is 3.26. The van der Waals surface area contributed by atoms with E-state index in [4.69, 9.17) is 16.7 Å². The molecule has 0 unspecified atom stereocenters. The minimum atomic E-state index is -1.00. The van der Waals surface area contributed by atoms with E-state index in [9.17, 15) is 9.59 Å². The first-order valence-electron chi connectivity index (χ1n) is 5.99. The summed E-state index contributed by atoms with van der Waals surface area (Å²) >= 11 is 5.97. The Bertz CT molecular complexity index is 719. The van der Waals surface area contributed by atoms with E-state index in [0.29, 0.717) is 28.2 Å². The molecular formula is C14H14ClNO3. The van der Waals surface area contributed by atoms with Gasteiger partial charge in [-0.3, -0.25) is 9.59 Å². The number of hydrogen-bond donors (Lipinski definition) is 1. The van der Waals surface area contributed by atoms with Gasteiger partial charge in [0.1, 0.15) is 0 Å². The highest BCUT2D eigenvalue weighted by molar-refractivity contribution is 6.31. The quantitative estimate of drug-likeness (QED) is 0.939. The number of carbonyl (C=O) groups is 1. The number of fused-ring (bicyclic) bond motifs is 1. The lowest BCUT2D eigenvalue weighted by atomic mass is 10.0. The van der Waals surface area contributed by atoms with E-state index >= 15 is 0 Å². The van der Waals surface area contributed by atoms with E-state index in [2.05, 4.69) is 0 Å². The Kier molecular flexibility index (Phi) is 3.62. The third-order valence-corrected chi connectivity index (χ3v) is 3.49. The van der Waals surface area contributed by atoms with Crippen molar-refractivity contribution in [3.05, 3.63) is 44.7 Å². The van der Waals surface area contributed by atoms with Crippen molar-refractivity contribution in [2.24, 2.45) is 0 Å². The maximum absolute atomic E-state index is 12.3. The fraction of sp³-hybridized carbons (Fsp3) is 0.286. The van der Waals surface area contributed by atoms with Crippen LogP contribution in [-0.4, -0.2) is 15.6 Å². The first-order valence-corrected chi connectivity index (χ1v) is 6.36. The monoisotopic (exact) mass is 279 g/mol. The molecule has 4 nitrogen and oxygen atoms in total. The van der Waals surface area contributed by atoms with Crippen molar-refractivity contribution >= 4 is 28.5 Å². The van der Waals surface area contributed by atoms with E-state index in [1.54, 1.807) is 25.1 Å². The largest absolute Gasteiger partial charge is 0.481 e. The Hall–Kier alpha value is -1.81. The predicted molar refractivity (Wildman–Crippen MR) is 75.0 cm³/mol. The van der Waals surface area contributed by atoms with Gasteiger partial charge in [0.25, 0.3) is 0 Å². The number of rotatable bonds is 3. The molecule has 0 amide bonds. The molecule has 2 aromatic rings. The van der Waals surface area contributed by atoms with Crippen molar-refractivity contribution in [1.29, 1.82) is 0 Å². The lowest BCUT2D eigenvalue weighted by Gasteiger charge is -2.16. The molecule has 0 aliphatic rings. The van der Waals surface area contributed by atoms with Crippen molar-refractivity contribution in [2.75, 3.05) is 0 Å². The lowest BCUT2D eigenvalue weighted by Crippen LogP contribution is -2.21. The second kappa shape index (κ2) is 5.05. The van der Waals surface area contributed by atoms with E-state index < -0.39 is 5.97 Å². The van der Waals surface area contributed by atoms with Crippen LogP contribution in [0.2, 0.25) is 5.02 Å². The van der Waals surface area contributed by atoms with Gasteiger partial charge >= 0.3 is 5.97 Å². The molecule has 0 spiro atoms. The zero-order chi connectivity index (χ0) is 14.2. The number of carboxylic acids is 1. The Balaban J connectivity index is 2.90. The highest BCUT2D eigenvalue weighted by Gasteiger charge is 2.15. The lowest BCUT2D eigenvalue weighted by molar-refractivity contribution is -0.136. The average Bonchev–Trinajstić information content (AvgIpc) is 2.34. The normalized spacial score (nSPS) is 10.9. The van der Waals surface area contributed by atoms with Crippen molar-refractivity contribution < 1.29 is 9.90 Å². The molecule has 19 heavy (non-hydrogen) atoms. The number of aliphatic carboxylic acids is 1. The van der Waals surface area contributed by atoms with E-state index in [1.165, 1.54) is 0 Å². The van der Waals surface area contributed by atoms with E-state index in [0.717, 1.165) is 5.52 Å². The van der Waals surface area contributed by atoms with Gasteiger partial charge in [0.15, 0.2) is 5.43 Å². The van der Waals surface area contributed by atoms with Crippen molar-refractivity contribution in [3.8, 4) is 0 Å². The molecule has 1 aromatic heterocycles. The molecule has 1 heterocycles. The van der Waals surface area contributed by atoms with Gasteiger partial charge in [0.05, 0.1) is 11.9 Å². The number of aromatic nitrogens is 1. The third kappa shape index (κ3) is 2.36. The zero-order valence-electron chi connectivity index (χ0n) is 10.7. The summed E-state index contributed by atoms with van der Waals surface area (Å²) in [6.45, 7) is 4.36. The molecule has 0 radical (unpaired) electrons. The second-order valence-electron chi connectivity index (χ2n) is 4.37. The smallest absolute Gasteiger partial charge is 0.308 e. The van der Waals surface area contributed by atoms with Crippen LogP contribution >= 0.6 is 11.6 Å². The molecule has 0 saturated carbocycles. The molecule has 0 fully saturated rings. The molecule has 100 valence electrons. The fourth-order valence-corrected chi connectivity index (χ4v) is 2.52. The van der Waals surface area contributed by atoms with Gasteiger partial charge in [-0.1, -0.05) is 11.6 Å². The minimum absolute atomic E-state index is 0.226. The standard InChI is InChI=1S/C14H14ClNO3/c1-3-16-8(2)11(7-13(17)18)14(19)10-5-4-9(15)6-12(10)16/h4-6H,3,7H2,1-2H3,(H,17,18). The summed E-state index contributed by atoms with van der Waals surface area (Å²) in [5.74, 6) is -1.00. The summed E-state index contributed by atoms with van der Waals surface area (Å²) < 4.78 is 1.92. The summed E-state index contributed by atoms with van der Waals surface area (Å²) in [6, 6.07) is 5.03. The van der Waals surface area contributed by atoms with Crippen LogP contribution in [0.1, 0.15) is 18.2 Å². The average molecular weight is 280 g/mol. The van der Waals surface area contributed by atoms with Gasteiger partial charge in [0.2, 0.25) is 0 Å². The summed E-state index contributed by atoms with van der Waals surface area (Å²) in [6.07, 6.45) is -0.261. The maximum Gasteiger partial charge on any atom is 0.308 e. The highest BCUT2D eigenvalue weighted by atomic mass is 35.5. The van der Waals surface area contributed by atoms with Crippen LogP contribution in [0, 0.1) is 6.92 Å². The van der Waals surface area contributed by atoms with E-state index in [-0.39, 0.29) is 11.8 Å². The van der Waals surface area contributed by atoms with Crippen molar-refractivity contribution in [2.45, 2.75) is 26.8 Å². The highest BCUT2D eigenvalue weighted by Crippen LogP contribution is 2.20. The van der Waals surface area contributed by atoms with Gasteiger partial charge in [-0.25, -0.2) is 0 Å². The van der Waals surface area contributed by atoms with Crippen molar-refractivity contribution in [1.82, 2.24) is 4.57 Å². The molecule has 0 atom stereocenters. The number of aryl methyl sites for hydroxylation is 1. The van der Waals surface area contributed by atoms with Crippen molar-refractivity contribution in [3.63, 3.8) is 0 Å². The number of carboxylic acid groups (broad SMARTS) is 1. The Morgan fingerprint density at radius 2 is 2.11 bits per heavy atom. The predicted octanol–water partition coefficient (Wildman–Crippen LogP) is 2.61. The van der Waals surface area contributed by atoms with Crippen LogP contribution < -0.4 is 5.43 Å². The number of nitrogens with zero attached hydrogens (tertiary/aromatic N) is 1. The first-order chi connectivity index (χ1) is 8.95. The Morgan fingerprint density at radius 1 is 1.42 bits per heavy atom. The number of benzene rings is 1. The molecule has 2 rings (SSSR count). The van der Waals surface area contributed by atoms with Crippen LogP contribution in [-0.2, 0) is 17.8 Å². The molecular weight excluding hydrogens is 266 g/mol. The van der Waals surface area contributed by atoms with Crippen LogP contribution in [0.5, 0.6) is 0 Å². The second-order valence-corrected chi connectivity index (χ2v) is 4.81. The van der Waals surface area contributed by atoms with Crippen LogP contribution in [0.3, 0.4) is 0 Å².